The second-order valence-electron chi connectivity index (χ2n) is 7.98. The molecule has 0 amide bonds. The normalized spacial score (nSPS) is 30.3. The zero-order chi connectivity index (χ0) is 15.3. The highest BCUT2D eigenvalue weighted by molar-refractivity contribution is 4.93. The summed E-state index contributed by atoms with van der Waals surface area (Å²) < 4.78 is 0. The van der Waals surface area contributed by atoms with Crippen molar-refractivity contribution < 1.29 is 5.11 Å². The second kappa shape index (κ2) is 7.94. The van der Waals surface area contributed by atoms with E-state index in [2.05, 4.69) is 31.0 Å². The Labute approximate surface area is 131 Å². The van der Waals surface area contributed by atoms with Crippen LogP contribution in [0.15, 0.2) is 0 Å². The molecular formula is C18H36N2O. The smallest absolute Gasteiger partial charge is 0.0443 e. The molecule has 21 heavy (non-hydrogen) atoms. The molecule has 0 aromatic carbocycles. The fourth-order valence-corrected chi connectivity index (χ4v) is 3.64. The molecule has 0 radical (unpaired) electrons. The summed E-state index contributed by atoms with van der Waals surface area (Å²) in [5, 5.41) is 13.0. The van der Waals surface area contributed by atoms with Gasteiger partial charge in [0.25, 0.3) is 0 Å². The number of rotatable bonds is 9. The molecule has 2 aliphatic carbocycles. The van der Waals surface area contributed by atoms with Gasteiger partial charge in [-0.1, -0.05) is 19.8 Å². The Balaban J connectivity index is 1.95. The minimum absolute atomic E-state index is 0.313. The van der Waals surface area contributed by atoms with Gasteiger partial charge < -0.3 is 15.3 Å². The van der Waals surface area contributed by atoms with Crippen LogP contribution >= 0.6 is 0 Å². The molecule has 0 bridgehead atoms. The number of hydrogen-bond donors (Lipinski definition) is 2. The summed E-state index contributed by atoms with van der Waals surface area (Å²) in [6.45, 7) is 10.8. The van der Waals surface area contributed by atoms with Gasteiger partial charge in [0.15, 0.2) is 0 Å². The molecule has 0 unspecified atom stereocenters. The third-order valence-corrected chi connectivity index (χ3v) is 5.55. The van der Waals surface area contributed by atoms with E-state index in [1.165, 1.54) is 51.6 Å². The lowest BCUT2D eigenvalue weighted by molar-refractivity contribution is 0.0662. The van der Waals surface area contributed by atoms with Crippen LogP contribution in [0, 0.1) is 11.3 Å². The van der Waals surface area contributed by atoms with Crippen molar-refractivity contribution >= 4 is 0 Å². The minimum Gasteiger partial charge on any atom is -0.396 e. The Morgan fingerprint density at radius 3 is 2.38 bits per heavy atom. The van der Waals surface area contributed by atoms with Crippen LogP contribution in [0.25, 0.3) is 0 Å². The monoisotopic (exact) mass is 296 g/mol. The molecule has 2 saturated carbocycles. The third kappa shape index (κ3) is 5.54. The number of aliphatic hydroxyl groups excluding tert-OH is 1. The molecular weight excluding hydrogens is 260 g/mol. The first-order valence-corrected chi connectivity index (χ1v) is 9.13. The average molecular weight is 296 g/mol. The first-order chi connectivity index (χ1) is 10.0. The fraction of sp³-hybridized carbons (Fsp3) is 1.00. The van der Waals surface area contributed by atoms with Gasteiger partial charge in [-0.2, -0.15) is 0 Å². The Morgan fingerprint density at radius 2 is 1.86 bits per heavy atom. The highest BCUT2D eigenvalue weighted by Crippen LogP contribution is 2.40. The quantitative estimate of drug-likeness (QED) is 0.686. The highest BCUT2D eigenvalue weighted by atomic mass is 16.3. The van der Waals surface area contributed by atoms with Crippen molar-refractivity contribution in [2.45, 2.75) is 77.8 Å². The minimum atomic E-state index is 0.313. The molecule has 2 rings (SSSR count). The van der Waals surface area contributed by atoms with Crippen molar-refractivity contribution in [1.29, 1.82) is 0 Å². The molecule has 2 fully saturated rings. The van der Waals surface area contributed by atoms with E-state index in [4.69, 9.17) is 5.11 Å². The van der Waals surface area contributed by atoms with Crippen LogP contribution in [0.4, 0.5) is 0 Å². The lowest BCUT2D eigenvalue weighted by atomic mass is 9.70. The summed E-state index contributed by atoms with van der Waals surface area (Å²) in [6, 6.07) is 1.39. The molecule has 0 aliphatic heterocycles. The predicted molar refractivity (Wildman–Crippen MR) is 89.5 cm³/mol. The van der Waals surface area contributed by atoms with Crippen molar-refractivity contribution in [2.24, 2.45) is 11.3 Å². The van der Waals surface area contributed by atoms with E-state index >= 15 is 0 Å². The first-order valence-electron chi connectivity index (χ1n) is 9.13. The van der Waals surface area contributed by atoms with Gasteiger partial charge in [0.1, 0.15) is 0 Å². The predicted octanol–water partition coefficient (Wildman–Crippen LogP) is 3.03. The van der Waals surface area contributed by atoms with Gasteiger partial charge in [0, 0.05) is 38.3 Å². The SMILES string of the molecule is CC1CCC(CNC2CC2)(CN(CCCO)C(C)C)CC1. The number of hydrogen-bond acceptors (Lipinski definition) is 3. The topological polar surface area (TPSA) is 35.5 Å². The fourth-order valence-electron chi connectivity index (χ4n) is 3.64. The van der Waals surface area contributed by atoms with Crippen molar-refractivity contribution in [1.82, 2.24) is 10.2 Å². The van der Waals surface area contributed by atoms with E-state index in [-0.39, 0.29) is 0 Å². The molecule has 0 aromatic heterocycles. The molecule has 3 nitrogen and oxygen atoms in total. The average Bonchev–Trinajstić information content (AvgIpc) is 3.28. The van der Waals surface area contributed by atoms with E-state index < -0.39 is 0 Å². The molecule has 0 saturated heterocycles. The Morgan fingerprint density at radius 1 is 1.19 bits per heavy atom. The molecule has 0 aromatic rings. The molecule has 3 heteroatoms. The van der Waals surface area contributed by atoms with Gasteiger partial charge in [0.2, 0.25) is 0 Å². The van der Waals surface area contributed by atoms with Gasteiger partial charge >= 0.3 is 0 Å². The zero-order valence-corrected chi connectivity index (χ0v) is 14.4. The summed E-state index contributed by atoms with van der Waals surface area (Å²) >= 11 is 0. The second-order valence-corrected chi connectivity index (χ2v) is 7.98. The van der Waals surface area contributed by atoms with Gasteiger partial charge in [-0.05, 0) is 57.3 Å². The van der Waals surface area contributed by atoms with E-state index in [1.807, 2.05) is 0 Å². The number of nitrogens with zero attached hydrogens (tertiary/aromatic N) is 1. The van der Waals surface area contributed by atoms with Crippen LogP contribution in [-0.4, -0.2) is 48.3 Å². The molecule has 124 valence electrons. The molecule has 2 N–H and O–H groups in total. The van der Waals surface area contributed by atoms with E-state index in [0.29, 0.717) is 18.1 Å². The molecule has 2 aliphatic rings. The van der Waals surface area contributed by atoms with E-state index in [1.54, 1.807) is 0 Å². The zero-order valence-electron chi connectivity index (χ0n) is 14.4. The van der Waals surface area contributed by atoms with Gasteiger partial charge in [-0.25, -0.2) is 0 Å². The van der Waals surface area contributed by atoms with Crippen molar-refractivity contribution in [2.75, 3.05) is 26.2 Å². The molecule has 0 heterocycles. The summed E-state index contributed by atoms with van der Waals surface area (Å²) in [4.78, 5) is 2.60. The maximum Gasteiger partial charge on any atom is 0.0443 e. The summed E-state index contributed by atoms with van der Waals surface area (Å²) in [5.41, 5.74) is 0.467. The Bertz CT molecular complexity index is 294. The van der Waals surface area contributed by atoms with Crippen LogP contribution in [0.2, 0.25) is 0 Å². The lowest BCUT2D eigenvalue weighted by Gasteiger charge is -2.44. The Kier molecular flexibility index (Phi) is 6.51. The van der Waals surface area contributed by atoms with E-state index in [9.17, 15) is 0 Å². The van der Waals surface area contributed by atoms with Crippen LogP contribution in [0.5, 0.6) is 0 Å². The summed E-state index contributed by atoms with van der Waals surface area (Å²) in [6.07, 6.45) is 9.18. The van der Waals surface area contributed by atoms with Crippen LogP contribution < -0.4 is 5.32 Å². The summed E-state index contributed by atoms with van der Waals surface area (Å²) in [5.74, 6) is 0.906. The first kappa shape index (κ1) is 17.2. The molecule has 0 atom stereocenters. The third-order valence-electron chi connectivity index (χ3n) is 5.55. The van der Waals surface area contributed by atoms with Crippen molar-refractivity contribution in [3.63, 3.8) is 0 Å². The van der Waals surface area contributed by atoms with Gasteiger partial charge in [-0.15, -0.1) is 0 Å². The standard InChI is InChI=1S/C18H36N2O/c1-15(2)20(11-4-12-21)14-18(13-19-17-5-6-17)9-7-16(3)8-10-18/h15-17,19,21H,4-14H2,1-3H3. The van der Waals surface area contributed by atoms with Crippen LogP contribution in [-0.2, 0) is 0 Å². The van der Waals surface area contributed by atoms with Crippen molar-refractivity contribution in [3.05, 3.63) is 0 Å². The maximum atomic E-state index is 9.15. The number of nitrogens with one attached hydrogen (secondary N) is 1. The lowest BCUT2D eigenvalue weighted by Crippen LogP contribution is -2.48. The van der Waals surface area contributed by atoms with Gasteiger partial charge in [0.05, 0.1) is 0 Å². The summed E-state index contributed by atoms with van der Waals surface area (Å²) in [7, 11) is 0. The largest absolute Gasteiger partial charge is 0.396 e. The van der Waals surface area contributed by atoms with Gasteiger partial charge in [-0.3, -0.25) is 0 Å². The van der Waals surface area contributed by atoms with Crippen LogP contribution in [0.3, 0.4) is 0 Å². The highest BCUT2D eigenvalue weighted by Gasteiger charge is 2.37. The molecule has 0 spiro atoms. The number of aliphatic hydroxyl groups is 1. The van der Waals surface area contributed by atoms with Crippen LogP contribution in [0.1, 0.15) is 65.7 Å². The Hall–Kier alpha value is -0.120. The van der Waals surface area contributed by atoms with E-state index in [0.717, 1.165) is 24.9 Å². The maximum absolute atomic E-state index is 9.15. The van der Waals surface area contributed by atoms with Crippen molar-refractivity contribution in [3.8, 4) is 0 Å².